The second-order valence-corrected chi connectivity index (χ2v) is 6.00. The number of hydrogen-bond acceptors (Lipinski definition) is 7. The molecule has 1 aliphatic rings. The Morgan fingerprint density at radius 2 is 1.76 bits per heavy atom. The first-order valence-electron chi connectivity index (χ1n) is 8.53. The maximum atomic E-state index is 10.1. The van der Waals surface area contributed by atoms with Gasteiger partial charge in [0.25, 0.3) is 0 Å². The number of aliphatic hydroxyl groups excluding tert-OH is 1. The highest BCUT2D eigenvalue weighted by Crippen LogP contribution is 2.38. The number of benzene rings is 1. The normalized spacial score (nSPS) is 16.5. The van der Waals surface area contributed by atoms with Crippen molar-refractivity contribution in [1.29, 1.82) is 0 Å². The third-order valence-electron chi connectivity index (χ3n) is 4.17. The third-order valence-corrected chi connectivity index (χ3v) is 4.17. The summed E-state index contributed by atoms with van der Waals surface area (Å²) >= 11 is 0. The minimum atomic E-state index is -0.551. The van der Waals surface area contributed by atoms with Gasteiger partial charge in [0, 0.05) is 25.8 Å². The van der Waals surface area contributed by atoms with Crippen molar-refractivity contribution < 1.29 is 28.8 Å². The first-order chi connectivity index (χ1) is 12.2. The lowest BCUT2D eigenvalue weighted by molar-refractivity contribution is 0.0227. The first kappa shape index (κ1) is 19.8. The summed E-state index contributed by atoms with van der Waals surface area (Å²) in [5, 5.41) is 13.4. The van der Waals surface area contributed by atoms with Gasteiger partial charge in [-0.15, -0.1) is 0 Å². The Labute approximate surface area is 149 Å². The van der Waals surface area contributed by atoms with Crippen molar-refractivity contribution in [3.8, 4) is 17.2 Å². The van der Waals surface area contributed by atoms with Crippen molar-refractivity contribution in [2.75, 3.05) is 47.7 Å². The van der Waals surface area contributed by atoms with E-state index >= 15 is 0 Å². The van der Waals surface area contributed by atoms with E-state index in [9.17, 15) is 5.11 Å². The molecule has 1 atom stereocenters. The van der Waals surface area contributed by atoms with E-state index in [1.54, 1.807) is 21.3 Å². The average Bonchev–Trinajstić information content (AvgIpc) is 2.66. The minimum Gasteiger partial charge on any atom is -0.493 e. The van der Waals surface area contributed by atoms with Crippen LogP contribution in [0.2, 0.25) is 0 Å². The summed E-state index contributed by atoms with van der Waals surface area (Å²) in [6.45, 7) is 2.69. The van der Waals surface area contributed by atoms with E-state index in [0.717, 1.165) is 31.6 Å². The molecule has 0 aromatic heterocycles. The molecule has 0 radical (unpaired) electrons. The molecule has 2 rings (SSSR count). The first-order valence-corrected chi connectivity index (χ1v) is 8.53. The van der Waals surface area contributed by atoms with Crippen molar-refractivity contribution in [1.82, 2.24) is 5.32 Å². The summed E-state index contributed by atoms with van der Waals surface area (Å²) in [5.41, 5.74) is 0.888. The summed E-state index contributed by atoms with van der Waals surface area (Å²) in [7, 11) is 4.72. The van der Waals surface area contributed by atoms with Crippen LogP contribution in [0.15, 0.2) is 12.1 Å². The van der Waals surface area contributed by atoms with Gasteiger partial charge in [0.15, 0.2) is 11.5 Å². The number of methoxy groups -OCH3 is 3. The van der Waals surface area contributed by atoms with Crippen LogP contribution in [0, 0.1) is 0 Å². The maximum Gasteiger partial charge on any atom is 0.203 e. The second-order valence-electron chi connectivity index (χ2n) is 6.00. The van der Waals surface area contributed by atoms with Crippen LogP contribution in [0.25, 0.3) is 0 Å². The third kappa shape index (κ3) is 6.04. The Kier molecular flexibility index (Phi) is 8.27. The Morgan fingerprint density at radius 1 is 1.12 bits per heavy atom. The quantitative estimate of drug-likeness (QED) is 0.656. The van der Waals surface area contributed by atoms with Gasteiger partial charge >= 0.3 is 0 Å². The van der Waals surface area contributed by atoms with E-state index in [4.69, 9.17) is 23.7 Å². The minimum absolute atomic E-state index is 0.257. The van der Waals surface area contributed by atoms with E-state index in [0.29, 0.717) is 36.4 Å². The SMILES string of the molecule is COc1cc(COCC(O)CNC2CCOCC2)cc(OC)c1OC. The van der Waals surface area contributed by atoms with Crippen molar-refractivity contribution in [2.24, 2.45) is 0 Å². The monoisotopic (exact) mass is 355 g/mol. The fourth-order valence-electron chi connectivity index (χ4n) is 2.79. The highest BCUT2D eigenvalue weighted by molar-refractivity contribution is 5.53. The number of rotatable bonds is 10. The summed E-state index contributed by atoms with van der Waals surface area (Å²) in [6, 6.07) is 4.10. The van der Waals surface area contributed by atoms with E-state index in [1.165, 1.54) is 0 Å². The van der Waals surface area contributed by atoms with Gasteiger partial charge in [-0.2, -0.15) is 0 Å². The Balaban J connectivity index is 1.78. The van der Waals surface area contributed by atoms with E-state index in [1.807, 2.05) is 12.1 Å². The molecule has 1 saturated heterocycles. The lowest BCUT2D eigenvalue weighted by Crippen LogP contribution is -2.40. The van der Waals surface area contributed by atoms with Gasteiger partial charge < -0.3 is 34.1 Å². The summed E-state index contributed by atoms with van der Waals surface area (Å²) in [5.74, 6) is 1.72. The number of ether oxygens (including phenoxy) is 5. The smallest absolute Gasteiger partial charge is 0.203 e. The molecule has 25 heavy (non-hydrogen) atoms. The highest BCUT2D eigenvalue weighted by Gasteiger charge is 2.16. The van der Waals surface area contributed by atoms with E-state index in [-0.39, 0.29) is 6.61 Å². The summed E-state index contributed by atoms with van der Waals surface area (Å²) < 4.78 is 26.9. The molecular weight excluding hydrogens is 326 g/mol. The zero-order valence-electron chi connectivity index (χ0n) is 15.2. The molecule has 7 nitrogen and oxygen atoms in total. The van der Waals surface area contributed by atoms with Crippen molar-refractivity contribution in [2.45, 2.75) is 31.6 Å². The van der Waals surface area contributed by atoms with Crippen LogP contribution >= 0.6 is 0 Å². The van der Waals surface area contributed by atoms with Crippen LogP contribution in [0.4, 0.5) is 0 Å². The molecule has 1 unspecified atom stereocenters. The number of nitrogens with one attached hydrogen (secondary N) is 1. The fraction of sp³-hybridized carbons (Fsp3) is 0.667. The van der Waals surface area contributed by atoms with Crippen molar-refractivity contribution in [3.05, 3.63) is 17.7 Å². The Morgan fingerprint density at radius 3 is 2.32 bits per heavy atom. The van der Waals surface area contributed by atoms with Crippen LogP contribution in [0.1, 0.15) is 18.4 Å². The average molecular weight is 355 g/mol. The number of aliphatic hydroxyl groups is 1. The number of hydrogen-bond donors (Lipinski definition) is 2. The van der Waals surface area contributed by atoms with Crippen molar-refractivity contribution in [3.63, 3.8) is 0 Å². The fourth-order valence-corrected chi connectivity index (χ4v) is 2.79. The molecular formula is C18H29NO6. The van der Waals surface area contributed by atoms with Crippen LogP contribution < -0.4 is 19.5 Å². The van der Waals surface area contributed by atoms with Crippen LogP contribution in [0.3, 0.4) is 0 Å². The lowest BCUT2D eigenvalue weighted by atomic mass is 10.1. The standard InChI is InChI=1S/C18H29NO6/c1-21-16-8-13(9-17(22-2)18(16)23-3)11-25-12-15(20)10-19-14-4-6-24-7-5-14/h8-9,14-15,19-20H,4-7,10-12H2,1-3H3. The molecule has 1 aliphatic heterocycles. The van der Waals surface area contributed by atoms with Gasteiger partial charge in [-0.05, 0) is 30.5 Å². The van der Waals surface area contributed by atoms with Gasteiger partial charge in [-0.1, -0.05) is 0 Å². The summed E-state index contributed by atoms with van der Waals surface area (Å²) in [6.07, 6.45) is 1.42. The molecule has 0 saturated carbocycles. The Bertz CT molecular complexity index is 493. The molecule has 0 amide bonds. The molecule has 7 heteroatoms. The predicted octanol–water partition coefficient (Wildman–Crippen LogP) is 1.36. The van der Waals surface area contributed by atoms with Crippen LogP contribution in [-0.2, 0) is 16.1 Å². The van der Waals surface area contributed by atoms with Gasteiger partial charge in [0.1, 0.15) is 0 Å². The van der Waals surface area contributed by atoms with E-state index < -0.39 is 6.10 Å². The maximum absolute atomic E-state index is 10.1. The zero-order chi connectivity index (χ0) is 18.1. The predicted molar refractivity (Wildman–Crippen MR) is 93.6 cm³/mol. The van der Waals surface area contributed by atoms with Gasteiger partial charge in [-0.3, -0.25) is 0 Å². The molecule has 0 bridgehead atoms. The van der Waals surface area contributed by atoms with E-state index in [2.05, 4.69) is 5.32 Å². The van der Waals surface area contributed by atoms with Crippen LogP contribution in [0.5, 0.6) is 17.2 Å². The largest absolute Gasteiger partial charge is 0.493 e. The molecule has 142 valence electrons. The summed E-state index contributed by atoms with van der Waals surface area (Å²) in [4.78, 5) is 0. The molecule has 1 aromatic carbocycles. The second kappa shape index (κ2) is 10.5. The zero-order valence-corrected chi connectivity index (χ0v) is 15.2. The molecule has 2 N–H and O–H groups in total. The molecule has 1 fully saturated rings. The van der Waals surface area contributed by atoms with Gasteiger partial charge in [0.2, 0.25) is 5.75 Å². The molecule has 0 aliphatic carbocycles. The molecule has 1 heterocycles. The van der Waals surface area contributed by atoms with Gasteiger partial charge in [-0.25, -0.2) is 0 Å². The van der Waals surface area contributed by atoms with Crippen molar-refractivity contribution >= 4 is 0 Å². The molecule has 1 aromatic rings. The van der Waals surface area contributed by atoms with Gasteiger partial charge in [0.05, 0.1) is 40.6 Å². The van der Waals surface area contributed by atoms with Crippen LogP contribution in [-0.4, -0.2) is 64.9 Å². The lowest BCUT2D eigenvalue weighted by Gasteiger charge is -2.24. The topological polar surface area (TPSA) is 78.4 Å². The Hall–Kier alpha value is -1.54. The highest BCUT2D eigenvalue weighted by atomic mass is 16.5. The molecule has 0 spiro atoms.